The summed E-state index contributed by atoms with van der Waals surface area (Å²) in [6.45, 7) is 8.16. The number of rotatable bonds is 5. The second-order valence-electron chi connectivity index (χ2n) is 3.96. The summed E-state index contributed by atoms with van der Waals surface area (Å²) < 4.78 is 0. The van der Waals surface area contributed by atoms with E-state index in [9.17, 15) is 0 Å². The molecule has 0 spiro atoms. The van der Waals surface area contributed by atoms with Crippen molar-refractivity contribution in [3.8, 4) is 0 Å². The lowest BCUT2D eigenvalue weighted by atomic mass is 10.4. The minimum atomic E-state index is 0.871. The molecule has 0 aliphatic rings. The fraction of sp³-hybridized carbons (Fsp3) is 0.500. The zero-order chi connectivity index (χ0) is 12.3. The van der Waals surface area contributed by atoms with E-state index < -0.39 is 0 Å². The molecule has 17 heavy (non-hydrogen) atoms. The zero-order valence-corrected chi connectivity index (χ0v) is 12.0. The van der Waals surface area contributed by atoms with Gasteiger partial charge >= 0.3 is 0 Å². The monoisotopic (exact) mass is 267 g/mol. The molecule has 92 valence electrons. The van der Waals surface area contributed by atoms with Crippen LogP contribution in [0, 0.1) is 13.8 Å². The van der Waals surface area contributed by atoms with Crippen LogP contribution >= 0.6 is 22.7 Å². The molecule has 3 nitrogen and oxygen atoms in total. The first-order valence-electron chi connectivity index (χ1n) is 5.76. The number of thiazole rings is 2. The molecule has 0 radical (unpaired) electrons. The van der Waals surface area contributed by atoms with Crippen molar-refractivity contribution in [3.05, 3.63) is 31.7 Å². The van der Waals surface area contributed by atoms with Crippen molar-refractivity contribution in [2.24, 2.45) is 0 Å². The maximum Gasteiger partial charge on any atom is 0.0999 e. The second-order valence-corrected chi connectivity index (χ2v) is 6.07. The highest BCUT2D eigenvalue weighted by Crippen LogP contribution is 2.22. The van der Waals surface area contributed by atoms with Crippen LogP contribution in [-0.2, 0) is 13.0 Å². The lowest BCUT2D eigenvalue weighted by Crippen LogP contribution is -2.11. The van der Waals surface area contributed by atoms with Gasteiger partial charge in [0.15, 0.2) is 0 Å². The Morgan fingerprint density at radius 2 is 2.06 bits per heavy atom. The van der Waals surface area contributed by atoms with E-state index in [0.717, 1.165) is 35.9 Å². The molecule has 0 aliphatic carbocycles. The van der Waals surface area contributed by atoms with Gasteiger partial charge in [-0.15, -0.1) is 22.7 Å². The summed E-state index contributed by atoms with van der Waals surface area (Å²) in [6.07, 6.45) is 0.871. The standard InChI is InChI=1S/C12H17N3S2/c1-4-13-6-10-9(3)15-12(17-10)5-11-14-8(2)7-16-11/h7,13H,4-6H2,1-3H3. The predicted molar refractivity (Wildman–Crippen MR) is 73.9 cm³/mol. The van der Waals surface area contributed by atoms with Gasteiger partial charge in [-0.3, -0.25) is 0 Å². The van der Waals surface area contributed by atoms with E-state index in [1.54, 1.807) is 22.7 Å². The number of aryl methyl sites for hydroxylation is 2. The summed E-state index contributed by atoms with van der Waals surface area (Å²) in [5.74, 6) is 0. The van der Waals surface area contributed by atoms with E-state index in [2.05, 4.69) is 34.5 Å². The molecule has 2 aromatic heterocycles. The smallest absolute Gasteiger partial charge is 0.0999 e. The highest BCUT2D eigenvalue weighted by molar-refractivity contribution is 7.12. The van der Waals surface area contributed by atoms with Crippen LogP contribution in [0.4, 0.5) is 0 Å². The Hall–Kier alpha value is -0.780. The summed E-state index contributed by atoms with van der Waals surface area (Å²) in [5.41, 5.74) is 2.25. The molecular weight excluding hydrogens is 250 g/mol. The number of aromatic nitrogens is 2. The molecular formula is C12H17N3S2. The molecule has 2 aromatic rings. The van der Waals surface area contributed by atoms with Gasteiger partial charge in [-0.25, -0.2) is 9.97 Å². The Bertz CT molecular complexity index is 488. The normalized spacial score (nSPS) is 11.0. The lowest BCUT2D eigenvalue weighted by molar-refractivity contribution is 0.731. The SMILES string of the molecule is CCNCc1sc(Cc2nc(C)cs2)nc1C. The Morgan fingerprint density at radius 3 is 2.71 bits per heavy atom. The van der Waals surface area contributed by atoms with Crippen molar-refractivity contribution in [1.29, 1.82) is 0 Å². The molecule has 0 saturated heterocycles. The van der Waals surface area contributed by atoms with Crippen LogP contribution in [0.15, 0.2) is 5.38 Å². The zero-order valence-electron chi connectivity index (χ0n) is 10.4. The molecule has 1 N–H and O–H groups in total. The molecule has 0 aliphatic heterocycles. The van der Waals surface area contributed by atoms with Crippen molar-refractivity contribution in [2.45, 2.75) is 33.7 Å². The molecule has 0 bridgehead atoms. The molecule has 0 unspecified atom stereocenters. The summed E-state index contributed by atoms with van der Waals surface area (Å²) in [5, 5.41) is 7.77. The van der Waals surface area contributed by atoms with Gasteiger partial charge in [-0.2, -0.15) is 0 Å². The molecule has 2 heterocycles. The van der Waals surface area contributed by atoms with Crippen LogP contribution in [0.1, 0.15) is 33.2 Å². The van der Waals surface area contributed by atoms with E-state index >= 15 is 0 Å². The van der Waals surface area contributed by atoms with Gasteiger partial charge in [0.05, 0.1) is 22.1 Å². The summed E-state index contributed by atoms with van der Waals surface area (Å²) in [4.78, 5) is 10.4. The Balaban J connectivity index is 2.06. The molecule has 0 atom stereocenters. The number of hydrogen-bond acceptors (Lipinski definition) is 5. The molecule has 2 rings (SSSR count). The van der Waals surface area contributed by atoms with Gasteiger partial charge in [-0.1, -0.05) is 6.92 Å². The highest BCUT2D eigenvalue weighted by atomic mass is 32.1. The quantitative estimate of drug-likeness (QED) is 0.905. The van der Waals surface area contributed by atoms with Crippen molar-refractivity contribution in [2.75, 3.05) is 6.54 Å². The minimum absolute atomic E-state index is 0.871. The third-order valence-corrected chi connectivity index (χ3v) is 4.57. The predicted octanol–water partition coefficient (Wildman–Crippen LogP) is 2.92. The molecule has 0 fully saturated rings. The van der Waals surface area contributed by atoms with Gasteiger partial charge < -0.3 is 5.32 Å². The van der Waals surface area contributed by atoms with Crippen molar-refractivity contribution in [3.63, 3.8) is 0 Å². The van der Waals surface area contributed by atoms with Crippen molar-refractivity contribution >= 4 is 22.7 Å². The van der Waals surface area contributed by atoms with Gasteiger partial charge in [0, 0.05) is 22.5 Å². The van der Waals surface area contributed by atoms with Crippen LogP contribution in [0.5, 0.6) is 0 Å². The number of hydrogen-bond donors (Lipinski definition) is 1. The Morgan fingerprint density at radius 1 is 1.24 bits per heavy atom. The topological polar surface area (TPSA) is 37.8 Å². The van der Waals surface area contributed by atoms with E-state index in [4.69, 9.17) is 0 Å². The Kier molecular flexibility index (Phi) is 4.25. The van der Waals surface area contributed by atoms with E-state index in [1.165, 1.54) is 9.88 Å². The summed E-state index contributed by atoms with van der Waals surface area (Å²) in [6, 6.07) is 0. The highest BCUT2D eigenvalue weighted by Gasteiger charge is 2.09. The first kappa shape index (κ1) is 12.7. The largest absolute Gasteiger partial charge is 0.312 e. The first-order valence-corrected chi connectivity index (χ1v) is 7.45. The Labute approximate surface area is 110 Å². The molecule has 0 saturated carbocycles. The van der Waals surface area contributed by atoms with Crippen molar-refractivity contribution in [1.82, 2.24) is 15.3 Å². The third-order valence-electron chi connectivity index (χ3n) is 2.44. The third kappa shape index (κ3) is 3.34. The maximum atomic E-state index is 4.61. The van der Waals surface area contributed by atoms with Crippen LogP contribution in [0.3, 0.4) is 0 Å². The van der Waals surface area contributed by atoms with Crippen molar-refractivity contribution < 1.29 is 0 Å². The van der Waals surface area contributed by atoms with Crippen LogP contribution in [0.2, 0.25) is 0 Å². The maximum absolute atomic E-state index is 4.61. The van der Waals surface area contributed by atoms with Gasteiger partial charge in [-0.05, 0) is 20.4 Å². The molecule has 0 amide bonds. The summed E-state index contributed by atoms with van der Waals surface area (Å²) in [7, 11) is 0. The van der Waals surface area contributed by atoms with E-state index in [-0.39, 0.29) is 0 Å². The summed E-state index contributed by atoms with van der Waals surface area (Å²) >= 11 is 3.51. The van der Waals surface area contributed by atoms with Gasteiger partial charge in [0.1, 0.15) is 0 Å². The number of nitrogens with one attached hydrogen (secondary N) is 1. The van der Waals surface area contributed by atoms with E-state index in [0.29, 0.717) is 0 Å². The fourth-order valence-corrected chi connectivity index (χ4v) is 3.49. The average molecular weight is 267 g/mol. The van der Waals surface area contributed by atoms with Crippen LogP contribution in [0.25, 0.3) is 0 Å². The average Bonchev–Trinajstić information content (AvgIpc) is 2.83. The molecule has 5 heteroatoms. The molecule has 0 aromatic carbocycles. The van der Waals surface area contributed by atoms with E-state index in [1.807, 2.05) is 6.92 Å². The first-order chi connectivity index (χ1) is 8.19. The van der Waals surface area contributed by atoms with Gasteiger partial charge in [0.2, 0.25) is 0 Å². The minimum Gasteiger partial charge on any atom is -0.312 e. The number of nitrogens with zero attached hydrogens (tertiary/aromatic N) is 2. The fourth-order valence-electron chi connectivity index (χ4n) is 1.58. The van der Waals surface area contributed by atoms with Crippen LogP contribution in [-0.4, -0.2) is 16.5 Å². The van der Waals surface area contributed by atoms with Crippen LogP contribution < -0.4 is 5.32 Å². The van der Waals surface area contributed by atoms with Gasteiger partial charge in [0.25, 0.3) is 0 Å². The second kappa shape index (κ2) is 5.71. The lowest BCUT2D eigenvalue weighted by Gasteiger charge is -1.97.